The predicted molar refractivity (Wildman–Crippen MR) is 76.0 cm³/mol. The Kier molecular flexibility index (Phi) is 5.02. The minimum Gasteiger partial charge on any atom is -0.481 e. The van der Waals surface area contributed by atoms with Gasteiger partial charge in [0, 0.05) is 4.90 Å². The van der Waals surface area contributed by atoms with Gasteiger partial charge in [-0.25, -0.2) is 0 Å². The first-order valence-corrected chi connectivity index (χ1v) is 7.45. The van der Waals surface area contributed by atoms with Crippen LogP contribution in [0.25, 0.3) is 5.69 Å². The van der Waals surface area contributed by atoms with Crippen LogP contribution in [0.5, 0.6) is 0 Å². The first kappa shape index (κ1) is 15.6. The van der Waals surface area contributed by atoms with Gasteiger partial charge < -0.3 is 10.8 Å². The van der Waals surface area contributed by atoms with Crippen molar-refractivity contribution < 1.29 is 18.7 Å². The molecule has 3 N–H and O–H groups in total. The molecule has 0 atom stereocenters. The molecule has 2 aromatic rings. The van der Waals surface area contributed by atoms with Gasteiger partial charge in [0.25, 0.3) is 5.76 Å². The zero-order valence-electron chi connectivity index (χ0n) is 10.4. The quantitative estimate of drug-likeness (QED) is 0.784. The van der Waals surface area contributed by atoms with E-state index in [1.165, 1.54) is 10.6 Å². The summed E-state index contributed by atoms with van der Waals surface area (Å²) in [4.78, 5) is 10.9. The molecule has 10 heteroatoms. The SMILES string of the molecule is Nc1nnc(SCC(=O)O)n1-c1ccccc1SC(F)F. The van der Waals surface area contributed by atoms with Crippen molar-refractivity contribution in [3.8, 4) is 5.69 Å². The summed E-state index contributed by atoms with van der Waals surface area (Å²) in [6.45, 7) is 0. The summed E-state index contributed by atoms with van der Waals surface area (Å²) >= 11 is 1.29. The zero-order chi connectivity index (χ0) is 15.4. The van der Waals surface area contributed by atoms with E-state index in [1.54, 1.807) is 18.2 Å². The molecule has 112 valence electrons. The molecule has 0 spiro atoms. The molecule has 0 radical (unpaired) electrons. The van der Waals surface area contributed by atoms with Gasteiger partial charge in [-0.1, -0.05) is 35.7 Å². The van der Waals surface area contributed by atoms with E-state index < -0.39 is 11.7 Å². The van der Waals surface area contributed by atoms with E-state index in [0.717, 1.165) is 11.8 Å². The van der Waals surface area contributed by atoms with Crippen molar-refractivity contribution in [1.82, 2.24) is 14.8 Å². The van der Waals surface area contributed by atoms with E-state index in [9.17, 15) is 13.6 Å². The lowest BCUT2D eigenvalue weighted by molar-refractivity contribution is -0.133. The molecule has 0 amide bonds. The summed E-state index contributed by atoms with van der Waals surface area (Å²) in [5.74, 6) is -3.84. The van der Waals surface area contributed by atoms with Crippen molar-refractivity contribution in [2.45, 2.75) is 15.8 Å². The fourth-order valence-corrected chi connectivity index (χ4v) is 2.87. The van der Waals surface area contributed by atoms with Crippen molar-refractivity contribution in [2.75, 3.05) is 11.5 Å². The molecule has 0 saturated heterocycles. The lowest BCUT2D eigenvalue weighted by Gasteiger charge is -2.12. The summed E-state index contributed by atoms with van der Waals surface area (Å²) in [6, 6.07) is 6.40. The molecule has 0 bridgehead atoms. The number of benzene rings is 1. The average molecular weight is 332 g/mol. The zero-order valence-corrected chi connectivity index (χ0v) is 12.1. The van der Waals surface area contributed by atoms with Crippen LogP contribution in [-0.2, 0) is 4.79 Å². The molecule has 0 fully saturated rings. The molecule has 1 aromatic carbocycles. The number of nitrogens with zero attached hydrogens (tertiary/aromatic N) is 3. The third kappa shape index (κ3) is 3.85. The van der Waals surface area contributed by atoms with Gasteiger partial charge in [0.15, 0.2) is 5.16 Å². The Balaban J connectivity index is 2.42. The second kappa shape index (κ2) is 6.76. The minimum absolute atomic E-state index is 0.00482. The molecule has 2 rings (SSSR count). The summed E-state index contributed by atoms with van der Waals surface area (Å²) < 4.78 is 26.6. The van der Waals surface area contributed by atoms with Gasteiger partial charge in [-0.05, 0) is 12.1 Å². The van der Waals surface area contributed by atoms with E-state index in [4.69, 9.17) is 10.8 Å². The molecule has 1 heterocycles. The molecule has 1 aromatic heterocycles. The first-order valence-electron chi connectivity index (χ1n) is 5.58. The number of hydrogen-bond donors (Lipinski definition) is 2. The topological polar surface area (TPSA) is 94.0 Å². The number of hydrogen-bond acceptors (Lipinski definition) is 6. The number of nitrogen functional groups attached to an aromatic ring is 1. The van der Waals surface area contributed by atoms with Crippen LogP contribution in [-0.4, -0.2) is 37.4 Å². The standard InChI is InChI=1S/C11H10F2N4O2S2/c12-9(13)21-7-4-2-1-3-6(7)17-10(14)15-16-11(17)20-5-8(18)19/h1-4,9H,5H2,(H2,14,15)(H,18,19). The van der Waals surface area contributed by atoms with Gasteiger partial charge in [0.05, 0.1) is 11.4 Å². The molecule has 0 aliphatic carbocycles. The maximum absolute atomic E-state index is 12.6. The Labute approximate surface area is 126 Å². The summed E-state index contributed by atoms with van der Waals surface area (Å²) in [5, 5.41) is 16.4. The average Bonchev–Trinajstić information content (AvgIpc) is 2.77. The Bertz CT molecular complexity index is 651. The number of nitrogens with two attached hydrogens (primary N) is 1. The Hall–Kier alpha value is -1.81. The molecule has 0 aliphatic heterocycles. The van der Waals surface area contributed by atoms with Gasteiger partial charge in [0.2, 0.25) is 5.95 Å². The number of carbonyl (C=O) groups is 1. The van der Waals surface area contributed by atoms with Crippen LogP contribution in [0.4, 0.5) is 14.7 Å². The van der Waals surface area contributed by atoms with E-state index in [0.29, 0.717) is 22.3 Å². The highest BCUT2D eigenvalue weighted by atomic mass is 32.2. The number of alkyl halides is 2. The maximum atomic E-state index is 12.6. The number of anilines is 1. The molecule has 6 nitrogen and oxygen atoms in total. The van der Waals surface area contributed by atoms with Gasteiger partial charge >= 0.3 is 5.97 Å². The predicted octanol–water partition coefficient (Wildman–Crippen LogP) is 2.34. The number of rotatable bonds is 6. The van der Waals surface area contributed by atoms with E-state index in [-0.39, 0.29) is 16.9 Å². The molecular weight excluding hydrogens is 322 g/mol. The smallest absolute Gasteiger partial charge is 0.313 e. The highest BCUT2D eigenvalue weighted by Crippen LogP contribution is 2.33. The summed E-state index contributed by atoms with van der Waals surface area (Å²) in [5.41, 5.74) is 6.10. The number of para-hydroxylation sites is 1. The first-order chi connectivity index (χ1) is 9.99. The number of carboxylic acids is 1. The van der Waals surface area contributed by atoms with Crippen LogP contribution in [0.1, 0.15) is 0 Å². The van der Waals surface area contributed by atoms with Crippen LogP contribution in [0.2, 0.25) is 0 Å². The molecule has 0 saturated carbocycles. The second-order valence-corrected chi connectivity index (χ2v) is 5.68. The van der Waals surface area contributed by atoms with Crippen molar-refractivity contribution in [1.29, 1.82) is 0 Å². The van der Waals surface area contributed by atoms with E-state index >= 15 is 0 Å². The van der Waals surface area contributed by atoms with Crippen molar-refractivity contribution in [3.63, 3.8) is 0 Å². The van der Waals surface area contributed by atoms with Gasteiger partial charge in [-0.2, -0.15) is 8.78 Å². The fourth-order valence-electron chi connectivity index (χ4n) is 1.57. The number of aromatic nitrogens is 3. The molecular formula is C11H10F2N4O2S2. The van der Waals surface area contributed by atoms with E-state index in [2.05, 4.69) is 10.2 Å². The van der Waals surface area contributed by atoms with Crippen molar-refractivity contribution in [2.24, 2.45) is 0 Å². The van der Waals surface area contributed by atoms with Gasteiger partial charge in [-0.3, -0.25) is 9.36 Å². The van der Waals surface area contributed by atoms with Crippen molar-refractivity contribution in [3.05, 3.63) is 24.3 Å². The monoisotopic (exact) mass is 332 g/mol. The summed E-state index contributed by atoms with van der Waals surface area (Å²) in [6.07, 6.45) is 0. The summed E-state index contributed by atoms with van der Waals surface area (Å²) in [7, 11) is 0. The molecule has 21 heavy (non-hydrogen) atoms. The third-order valence-corrected chi connectivity index (χ3v) is 4.00. The highest BCUT2D eigenvalue weighted by molar-refractivity contribution is 8.00. The Morgan fingerprint density at radius 3 is 2.76 bits per heavy atom. The van der Waals surface area contributed by atoms with E-state index in [1.807, 2.05) is 0 Å². The number of halogens is 2. The van der Waals surface area contributed by atoms with Crippen LogP contribution in [0.3, 0.4) is 0 Å². The van der Waals surface area contributed by atoms with Crippen molar-refractivity contribution >= 4 is 35.4 Å². The molecule has 0 aliphatic rings. The van der Waals surface area contributed by atoms with Gasteiger partial charge in [0.1, 0.15) is 0 Å². The van der Waals surface area contributed by atoms with Gasteiger partial charge in [-0.15, -0.1) is 10.2 Å². The Morgan fingerprint density at radius 1 is 1.38 bits per heavy atom. The maximum Gasteiger partial charge on any atom is 0.313 e. The number of thioether (sulfide) groups is 2. The second-order valence-electron chi connectivity index (χ2n) is 3.70. The van der Waals surface area contributed by atoms with Crippen LogP contribution < -0.4 is 5.73 Å². The normalized spacial score (nSPS) is 11.0. The highest BCUT2D eigenvalue weighted by Gasteiger charge is 2.18. The van der Waals surface area contributed by atoms with Crippen LogP contribution in [0.15, 0.2) is 34.3 Å². The van der Waals surface area contributed by atoms with Crippen LogP contribution in [0, 0.1) is 0 Å². The largest absolute Gasteiger partial charge is 0.481 e. The Morgan fingerprint density at radius 2 is 2.10 bits per heavy atom. The number of aliphatic carboxylic acids is 1. The lowest BCUT2D eigenvalue weighted by atomic mass is 10.3. The van der Waals surface area contributed by atoms with Crippen LogP contribution >= 0.6 is 23.5 Å². The minimum atomic E-state index is -2.58. The number of carboxylic acid groups (broad SMARTS) is 1. The molecule has 0 unspecified atom stereocenters. The lowest BCUT2D eigenvalue weighted by Crippen LogP contribution is -2.06. The third-order valence-electron chi connectivity index (χ3n) is 2.31. The fraction of sp³-hybridized carbons (Fsp3) is 0.182.